The number of amides is 1. The Morgan fingerprint density at radius 2 is 1.87 bits per heavy atom. The third-order valence-corrected chi connectivity index (χ3v) is 5.50. The lowest BCUT2D eigenvalue weighted by atomic mass is 9.89. The maximum absolute atomic E-state index is 12.6. The second-order valence-electron chi connectivity index (χ2n) is 7.02. The van der Waals surface area contributed by atoms with Crippen molar-refractivity contribution in [2.75, 3.05) is 20.2 Å². The second-order valence-corrected chi connectivity index (χ2v) is 7.02. The van der Waals surface area contributed by atoms with Crippen LogP contribution < -0.4 is 10.5 Å². The van der Waals surface area contributed by atoms with Crippen LogP contribution in [0.4, 0.5) is 0 Å². The van der Waals surface area contributed by atoms with Crippen molar-refractivity contribution in [3.05, 3.63) is 29.8 Å². The number of hydrogen-bond acceptors (Lipinski definition) is 3. The van der Waals surface area contributed by atoms with Gasteiger partial charge in [-0.1, -0.05) is 18.6 Å². The van der Waals surface area contributed by atoms with E-state index in [4.69, 9.17) is 10.5 Å². The minimum absolute atomic E-state index is 0.0770. The lowest BCUT2D eigenvalue weighted by Gasteiger charge is -2.34. The highest BCUT2D eigenvalue weighted by atomic mass is 16.5. The predicted molar refractivity (Wildman–Crippen MR) is 91.3 cm³/mol. The monoisotopic (exact) mass is 316 g/mol. The van der Waals surface area contributed by atoms with E-state index in [-0.39, 0.29) is 12.0 Å². The quantitative estimate of drug-likeness (QED) is 0.929. The Hall–Kier alpha value is -1.55. The highest BCUT2D eigenvalue weighted by Gasteiger charge is 2.34. The van der Waals surface area contributed by atoms with Gasteiger partial charge in [0.15, 0.2) is 0 Å². The molecule has 0 bridgehead atoms. The summed E-state index contributed by atoms with van der Waals surface area (Å²) in [6, 6.07) is 8.42. The van der Waals surface area contributed by atoms with Crippen molar-refractivity contribution < 1.29 is 9.53 Å². The summed E-state index contributed by atoms with van der Waals surface area (Å²) < 4.78 is 5.20. The van der Waals surface area contributed by atoms with Gasteiger partial charge in [0.2, 0.25) is 5.91 Å². The molecule has 1 aromatic carbocycles. The molecule has 2 fully saturated rings. The lowest BCUT2D eigenvalue weighted by molar-refractivity contribution is -0.137. The summed E-state index contributed by atoms with van der Waals surface area (Å²) in [5.41, 5.74) is 7.44. The van der Waals surface area contributed by atoms with Crippen molar-refractivity contribution in [2.24, 2.45) is 17.6 Å². The summed E-state index contributed by atoms with van der Waals surface area (Å²) in [4.78, 5) is 14.6. The molecular formula is C19H28N2O2. The van der Waals surface area contributed by atoms with Crippen LogP contribution in [-0.4, -0.2) is 37.0 Å². The van der Waals surface area contributed by atoms with Crippen molar-refractivity contribution in [3.8, 4) is 5.75 Å². The Kier molecular flexibility index (Phi) is 5.21. The van der Waals surface area contributed by atoms with Crippen LogP contribution in [0.5, 0.6) is 5.75 Å². The van der Waals surface area contributed by atoms with Gasteiger partial charge in [-0.25, -0.2) is 0 Å². The predicted octanol–water partition coefficient (Wildman–Crippen LogP) is 2.60. The molecule has 2 N–H and O–H groups in total. The summed E-state index contributed by atoms with van der Waals surface area (Å²) in [6.07, 6.45) is 6.37. The van der Waals surface area contributed by atoms with Crippen LogP contribution in [0.15, 0.2) is 24.3 Å². The van der Waals surface area contributed by atoms with Gasteiger partial charge in [0.1, 0.15) is 5.75 Å². The third kappa shape index (κ3) is 3.86. The van der Waals surface area contributed by atoms with Crippen molar-refractivity contribution in [1.82, 2.24) is 4.90 Å². The van der Waals surface area contributed by atoms with E-state index in [0.717, 1.165) is 57.4 Å². The van der Waals surface area contributed by atoms with Crippen molar-refractivity contribution in [1.29, 1.82) is 0 Å². The molecule has 1 heterocycles. The van der Waals surface area contributed by atoms with Crippen LogP contribution in [0.3, 0.4) is 0 Å². The van der Waals surface area contributed by atoms with Gasteiger partial charge in [0, 0.05) is 19.1 Å². The van der Waals surface area contributed by atoms with Crippen molar-refractivity contribution in [2.45, 2.75) is 44.6 Å². The molecule has 0 unspecified atom stereocenters. The van der Waals surface area contributed by atoms with Gasteiger partial charge in [-0.05, 0) is 55.7 Å². The molecule has 1 amide bonds. The summed E-state index contributed by atoms with van der Waals surface area (Å²) in [6.45, 7) is 1.78. The normalized spacial score (nSPS) is 25.6. The first-order chi connectivity index (χ1) is 11.2. The molecule has 23 heavy (non-hydrogen) atoms. The van der Waals surface area contributed by atoms with E-state index in [1.165, 1.54) is 5.56 Å². The number of hydrogen-bond donors (Lipinski definition) is 1. The van der Waals surface area contributed by atoms with Crippen LogP contribution >= 0.6 is 0 Å². The zero-order valence-corrected chi connectivity index (χ0v) is 14.0. The van der Waals surface area contributed by atoms with E-state index in [1.807, 2.05) is 12.1 Å². The number of nitrogens with two attached hydrogens (primary N) is 1. The largest absolute Gasteiger partial charge is 0.497 e. The molecule has 1 aromatic rings. The Bertz CT molecular complexity index is 521. The highest BCUT2D eigenvalue weighted by Crippen LogP contribution is 2.29. The van der Waals surface area contributed by atoms with Crippen LogP contribution in [0.2, 0.25) is 0 Å². The molecule has 0 radical (unpaired) electrons. The minimum atomic E-state index is 0.0770. The summed E-state index contributed by atoms with van der Waals surface area (Å²) >= 11 is 0. The van der Waals surface area contributed by atoms with Gasteiger partial charge in [0.25, 0.3) is 0 Å². The molecule has 1 aliphatic carbocycles. The minimum Gasteiger partial charge on any atom is -0.497 e. The molecule has 4 nitrogen and oxygen atoms in total. The Morgan fingerprint density at radius 3 is 2.43 bits per heavy atom. The molecule has 2 aliphatic rings. The fourth-order valence-corrected chi connectivity index (χ4v) is 3.98. The number of benzene rings is 1. The van der Waals surface area contributed by atoms with Crippen LogP contribution in [0, 0.1) is 11.8 Å². The Balaban J connectivity index is 1.49. The van der Waals surface area contributed by atoms with E-state index in [0.29, 0.717) is 11.8 Å². The van der Waals surface area contributed by atoms with E-state index >= 15 is 0 Å². The fraction of sp³-hybridized carbons (Fsp3) is 0.632. The number of ether oxygens (including phenoxy) is 1. The Labute approximate surface area is 139 Å². The summed E-state index contributed by atoms with van der Waals surface area (Å²) in [5, 5.41) is 0. The smallest absolute Gasteiger partial charge is 0.227 e. The standard InChI is InChI=1S/C19H28N2O2/c1-23-16-7-5-14(6-8-16)13-15-9-11-21(12-10-15)19(22)17-3-2-4-18(17)20/h5-8,15,17-18H,2-4,9-13,20H2,1H3/t17-,18-/m0/s1. The highest BCUT2D eigenvalue weighted by molar-refractivity contribution is 5.80. The van der Waals surface area contributed by atoms with Crippen molar-refractivity contribution >= 4 is 5.91 Å². The number of carbonyl (C=O) groups is 1. The third-order valence-electron chi connectivity index (χ3n) is 5.50. The SMILES string of the molecule is COc1ccc(CC2CCN(C(=O)[C@H]3CCC[C@@H]3N)CC2)cc1. The van der Waals surface area contributed by atoms with Crippen LogP contribution in [-0.2, 0) is 11.2 Å². The molecule has 3 rings (SSSR count). The number of rotatable bonds is 4. The number of methoxy groups -OCH3 is 1. The zero-order valence-electron chi connectivity index (χ0n) is 14.0. The molecule has 2 atom stereocenters. The molecule has 126 valence electrons. The van der Waals surface area contributed by atoms with Gasteiger partial charge in [-0.3, -0.25) is 4.79 Å². The molecule has 0 spiro atoms. The maximum Gasteiger partial charge on any atom is 0.227 e. The van der Waals surface area contributed by atoms with Crippen LogP contribution in [0.1, 0.15) is 37.7 Å². The first kappa shape index (κ1) is 16.3. The molecule has 4 heteroatoms. The molecule has 1 aliphatic heterocycles. The number of piperidine rings is 1. The van der Waals surface area contributed by atoms with Gasteiger partial charge in [-0.15, -0.1) is 0 Å². The van der Waals surface area contributed by atoms with Gasteiger partial charge < -0.3 is 15.4 Å². The van der Waals surface area contributed by atoms with Crippen LogP contribution in [0.25, 0.3) is 0 Å². The van der Waals surface area contributed by atoms with E-state index in [1.54, 1.807) is 7.11 Å². The number of likely N-dealkylation sites (tertiary alicyclic amines) is 1. The average Bonchev–Trinajstić information content (AvgIpc) is 3.02. The summed E-state index contributed by atoms with van der Waals surface area (Å²) in [5.74, 6) is 1.96. The molecule has 1 saturated heterocycles. The second kappa shape index (κ2) is 7.35. The molecule has 1 saturated carbocycles. The topological polar surface area (TPSA) is 55.6 Å². The Morgan fingerprint density at radius 1 is 1.17 bits per heavy atom. The van der Waals surface area contributed by atoms with E-state index in [9.17, 15) is 4.79 Å². The molecular weight excluding hydrogens is 288 g/mol. The molecule has 0 aromatic heterocycles. The maximum atomic E-state index is 12.6. The zero-order chi connectivity index (χ0) is 16.2. The first-order valence-corrected chi connectivity index (χ1v) is 8.84. The van der Waals surface area contributed by atoms with Crippen molar-refractivity contribution in [3.63, 3.8) is 0 Å². The lowest BCUT2D eigenvalue weighted by Crippen LogP contribution is -2.45. The fourth-order valence-electron chi connectivity index (χ4n) is 3.98. The van der Waals surface area contributed by atoms with E-state index in [2.05, 4.69) is 17.0 Å². The van der Waals surface area contributed by atoms with E-state index < -0.39 is 0 Å². The first-order valence-electron chi connectivity index (χ1n) is 8.84. The number of nitrogens with zero attached hydrogens (tertiary/aromatic N) is 1. The van der Waals surface area contributed by atoms with Gasteiger partial charge in [-0.2, -0.15) is 0 Å². The van der Waals surface area contributed by atoms with Gasteiger partial charge >= 0.3 is 0 Å². The summed E-state index contributed by atoms with van der Waals surface area (Å²) in [7, 11) is 1.69. The number of carbonyl (C=O) groups excluding carboxylic acids is 1. The van der Waals surface area contributed by atoms with Gasteiger partial charge in [0.05, 0.1) is 13.0 Å². The average molecular weight is 316 g/mol.